The maximum absolute atomic E-state index is 12.5. The molecule has 1 heterocycles. The van der Waals surface area contributed by atoms with Crippen molar-refractivity contribution >= 4 is 15.7 Å². The summed E-state index contributed by atoms with van der Waals surface area (Å²) in [6.07, 6.45) is -2.46. The van der Waals surface area contributed by atoms with Gasteiger partial charge in [0.1, 0.15) is 6.07 Å². The van der Waals surface area contributed by atoms with E-state index in [0.717, 1.165) is 18.6 Å². The number of sulfonamides is 1. The van der Waals surface area contributed by atoms with Crippen LogP contribution in [0.15, 0.2) is 35.7 Å². The molecule has 0 fully saturated rings. The minimum Gasteiger partial charge on any atom is -0.334 e. The van der Waals surface area contributed by atoms with Gasteiger partial charge in [-0.25, -0.2) is 4.98 Å². The lowest BCUT2D eigenvalue weighted by Crippen LogP contribution is -2.15. The summed E-state index contributed by atoms with van der Waals surface area (Å²) in [5.41, 5.74) is -1.73. The number of alkyl halides is 3. The molecule has 0 atom stereocenters. The molecule has 0 aliphatic rings. The Hall–Kier alpha value is -2.54. The Morgan fingerprint density at radius 3 is 2.57 bits per heavy atom. The van der Waals surface area contributed by atoms with Crippen molar-refractivity contribution in [3.8, 4) is 6.07 Å². The number of rotatable bonds is 3. The van der Waals surface area contributed by atoms with Crippen LogP contribution in [-0.4, -0.2) is 18.4 Å². The fourth-order valence-electron chi connectivity index (χ4n) is 1.49. The van der Waals surface area contributed by atoms with Gasteiger partial charge in [0.25, 0.3) is 10.0 Å². The van der Waals surface area contributed by atoms with E-state index in [9.17, 15) is 21.6 Å². The van der Waals surface area contributed by atoms with Gasteiger partial charge in [-0.05, 0) is 18.2 Å². The van der Waals surface area contributed by atoms with Gasteiger partial charge in [0.15, 0.2) is 5.03 Å². The van der Waals surface area contributed by atoms with Crippen LogP contribution in [0.25, 0.3) is 0 Å². The molecule has 0 saturated heterocycles. The fraction of sp³-hybridized carbons (Fsp3) is 0.0909. The van der Waals surface area contributed by atoms with Gasteiger partial charge in [-0.2, -0.15) is 26.9 Å². The van der Waals surface area contributed by atoms with Crippen molar-refractivity contribution in [3.63, 3.8) is 0 Å². The van der Waals surface area contributed by atoms with Gasteiger partial charge in [0.05, 0.1) is 29.3 Å². The Labute approximate surface area is 117 Å². The molecule has 0 spiro atoms. The second-order valence-corrected chi connectivity index (χ2v) is 5.54. The molecule has 0 saturated carbocycles. The largest absolute Gasteiger partial charge is 0.416 e. The number of hydrogen-bond donors (Lipinski definition) is 2. The number of nitrogens with zero attached hydrogens (tertiary/aromatic N) is 2. The highest BCUT2D eigenvalue weighted by Gasteiger charge is 2.31. The molecule has 6 nitrogen and oxygen atoms in total. The van der Waals surface area contributed by atoms with Gasteiger partial charge in [0, 0.05) is 0 Å². The quantitative estimate of drug-likeness (QED) is 0.906. The number of aromatic amines is 1. The van der Waals surface area contributed by atoms with E-state index >= 15 is 0 Å². The summed E-state index contributed by atoms with van der Waals surface area (Å²) in [6, 6.07) is 3.67. The van der Waals surface area contributed by atoms with Gasteiger partial charge in [-0.1, -0.05) is 0 Å². The molecule has 2 rings (SSSR count). The van der Waals surface area contributed by atoms with Crippen LogP contribution in [0.4, 0.5) is 18.9 Å². The van der Waals surface area contributed by atoms with E-state index in [1.807, 2.05) is 4.72 Å². The number of nitriles is 1. The number of benzene rings is 1. The summed E-state index contributed by atoms with van der Waals surface area (Å²) in [5, 5.41) is 8.59. The molecular weight excluding hydrogens is 309 g/mol. The van der Waals surface area contributed by atoms with Crippen LogP contribution >= 0.6 is 0 Å². The lowest BCUT2D eigenvalue weighted by atomic mass is 10.1. The van der Waals surface area contributed by atoms with Gasteiger partial charge in [0.2, 0.25) is 0 Å². The van der Waals surface area contributed by atoms with Crippen molar-refractivity contribution < 1.29 is 21.6 Å². The van der Waals surface area contributed by atoms with Crippen molar-refractivity contribution in [1.82, 2.24) is 9.97 Å². The highest BCUT2D eigenvalue weighted by molar-refractivity contribution is 7.92. The number of aromatic nitrogens is 2. The molecule has 1 aromatic heterocycles. The molecule has 0 amide bonds. The molecule has 10 heteroatoms. The zero-order valence-corrected chi connectivity index (χ0v) is 11.0. The standard InChI is InChI=1S/C11H7F3N4O2S/c12-11(13,14)8-1-2-9(7(3-8)4-15)18-21(19,20)10-5-16-6-17-10/h1-3,5-6,18H,(H,16,17). The first kappa shape index (κ1) is 14.9. The first-order valence-corrected chi connectivity index (χ1v) is 6.85. The van der Waals surface area contributed by atoms with Gasteiger partial charge < -0.3 is 4.98 Å². The Morgan fingerprint density at radius 1 is 1.33 bits per heavy atom. The second kappa shape index (κ2) is 5.10. The molecule has 0 unspecified atom stereocenters. The third kappa shape index (κ3) is 3.14. The van der Waals surface area contributed by atoms with Crippen LogP contribution in [0.1, 0.15) is 11.1 Å². The average molecular weight is 316 g/mol. The van der Waals surface area contributed by atoms with Crippen LogP contribution in [0.3, 0.4) is 0 Å². The van der Waals surface area contributed by atoms with E-state index in [1.165, 1.54) is 6.07 Å². The van der Waals surface area contributed by atoms with E-state index in [4.69, 9.17) is 5.26 Å². The summed E-state index contributed by atoms with van der Waals surface area (Å²) in [7, 11) is -4.05. The highest BCUT2D eigenvalue weighted by Crippen LogP contribution is 2.32. The summed E-state index contributed by atoms with van der Waals surface area (Å²) in [4.78, 5) is 5.88. The summed E-state index contributed by atoms with van der Waals surface area (Å²) in [6.45, 7) is 0. The minimum atomic E-state index is -4.62. The van der Waals surface area contributed by atoms with E-state index in [0.29, 0.717) is 12.1 Å². The molecule has 0 aliphatic heterocycles. The number of hydrogen-bond acceptors (Lipinski definition) is 4. The Bertz CT molecular complexity index is 792. The monoisotopic (exact) mass is 316 g/mol. The third-order valence-corrected chi connectivity index (χ3v) is 3.77. The normalized spacial score (nSPS) is 11.9. The van der Waals surface area contributed by atoms with E-state index in [-0.39, 0.29) is 10.7 Å². The van der Waals surface area contributed by atoms with Crippen LogP contribution in [0.2, 0.25) is 0 Å². The number of anilines is 1. The van der Waals surface area contributed by atoms with Crippen LogP contribution in [-0.2, 0) is 16.2 Å². The average Bonchev–Trinajstić information content (AvgIpc) is 2.92. The minimum absolute atomic E-state index is 0.250. The molecule has 0 bridgehead atoms. The van der Waals surface area contributed by atoms with Gasteiger partial charge in [-0.3, -0.25) is 4.72 Å². The van der Waals surface area contributed by atoms with Crippen LogP contribution < -0.4 is 4.72 Å². The fourth-order valence-corrected chi connectivity index (χ4v) is 2.48. The van der Waals surface area contributed by atoms with Crippen LogP contribution in [0.5, 0.6) is 0 Å². The lowest BCUT2D eigenvalue weighted by Gasteiger charge is -2.11. The zero-order chi connectivity index (χ0) is 15.7. The molecule has 1 aromatic carbocycles. The molecule has 2 N–H and O–H groups in total. The number of imidazole rings is 1. The number of halogens is 3. The molecular formula is C11H7F3N4O2S. The summed E-state index contributed by atoms with van der Waals surface area (Å²) >= 11 is 0. The van der Waals surface area contributed by atoms with Crippen molar-refractivity contribution in [2.75, 3.05) is 4.72 Å². The SMILES string of the molecule is N#Cc1cc(C(F)(F)F)ccc1NS(=O)(=O)c1cnc[nH]1. The molecule has 21 heavy (non-hydrogen) atoms. The Kier molecular flexibility index (Phi) is 3.61. The second-order valence-electron chi connectivity index (χ2n) is 3.89. The van der Waals surface area contributed by atoms with E-state index in [2.05, 4.69) is 9.97 Å². The topological polar surface area (TPSA) is 98.6 Å². The molecule has 0 radical (unpaired) electrons. The lowest BCUT2D eigenvalue weighted by molar-refractivity contribution is -0.137. The Balaban J connectivity index is 2.40. The van der Waals surface area contributed by atoms with Crippen molar-refractivity contribution in [1.29, 1.82) is 5.26 Å². The molecule has 2 aromatic rings. The summed E-state index contributed by atoms with van der Waals surface area (Å²) in [5.74, 6) is 0. The first-order chi connectivity index (χ1) is 9.74. The maximum atomic E-state index is 12.5. The van der Waals surface area contributed by atoms with Crippen molar-refractivity contribution in [2.24, 2.45) is 0 Å². The van der Waals surface area contributed by atoms with Crippen molar-refractivity contribution in [2.45, 2.75) is 11.2 Å². The highest BCUT2D eigenvalue weighted by atomic mass is 32.2. The third-order valence-electron chi connectivity index (χ3n) is 2.47. The smallest absolute Gasteiger partial charge is 0.334 e. The zero-order valence-electron chi connectivity index (χ0n) is 10.1. The number of H-pyrrole nitrogens is 1. The summed E-state index contributed by atoms with van der Waals surface area (Å²) < 4.78 is 63.4. The van der Waals surface area contributed by atoms with Crippen LogP contribution in [0, 0.1) is 11.3 Å². The first-order valence-electron chi connectivity index (χ1n) is 5.36. The van der Waals surface area contributed by atoms with E-state index < -0.39 is 27.3 Å². The predicted octanol–water partition coefficient (Wildman–Crippen LogP) is 2.10. The van der Waals surface area contributed by atoms with Gasteiger partial charge in [-0.15, -0.1) is 0 Å². The predicted molar refractivity (Wildman–Crippen MR) is 65.6 cm³/mol. The van der Waals surface area contributed by atoms with E-state index in [1.54, 1.807) is 0 Å². The molecule has 110 valence electrons. The number of nitrogens with one attached hydrogen (secondary N) is 2. The van der Waals surface area contributed by atoms with Crippen molar-refractivity contribution in [3.05, 3.63) is 41.9 Å². The Morgan fingerprint density at radius 2 is 2.05 bits per heavy atom. The maximum Gasteiger partial charge on any atom is 0.416 e. The van der Waals surface area contributed by atoms with Gasteiger partial charge >= 0.3 is 6.18 Å². The molecule has 0 aliphatic carbocycles.